The lowest BCUT2D eigenvalue weighted by Gasteiger charge is -2.29. The molecule has 5 nitrogen and oxygen atoms in total. The highest BCUT2D eigenvalue weighted by Crippen LogP contribution is 2.15. The number of carbonyl (C=O) groups excluding carboxylic acids is 1. The Bertz CT molecular complexity index is 587. The fraction of sp³-hybridized carbons (Fsp3) is 0.533. The van der Waals surface area contributed by atoms with Crippen LogP contribution in [0, 0.1) is 6.92 Å². The van der Waals surface area contributed by atoms with E-state index in [1.54, 1.807) is 29.2 Å². The smallest absolute Gasteiger partial charge is 0.223 e. The molecule has 0 atom stereocenters. The van der Waals surface area contributed by atoms with Crippen molar-refractivity contribution in [3.8, 4) is 0 Å². The zero-order chi connectivity index (χ0) is 15.5. The highest BCUT2D eigenvalue weighted by Gasteiger charge is 2.23. The summed E-state index contributed by atoms with van der Waals surface area (Å²) in [6.45, 7) is 2.90. The van der Waals surface area contributed by atoms with E-state index in [-0.39, 0.29) is 29.1 Å². The van der Waals surface area contributed by atoms with E-state index < -0.39 is 9.84 Å². The van der Waals surface area contributed by atoms with Crippen LogP contribution in [0.25, 0.3) is 0 Å². The van der Waals surface area contributed by atoms with Gasteiger partial charge < -0.3 is 10.0 Å². The first kappa shape index (κ1) is 16.0. The molecule has 116 valence electrons. The first-order chi connectivity index (χ1) is 9.88. The highest BCUT2D eigenvalue weighted by atomic mass is 32.2. The second-order valence-corrected chi connectivity index (χ2v) is 7.60. The van der Waals surface area contributed by atoms with E-state index in [2.05, 4.69) is 0 Å². The summed E-state index contributed by atoms with van der Waals surface area (Å²) in [6, 6.07) is 6.65. The Hall–Kier alpha value is -1.40. The lowest BCUT2D eigenvalue weighted by molar-refractivity contribution is -0.132. The minimum Gasteiger partial charge on any atom is -0.393 e. The largest absolute Gasteiger partial charge is 0.393 e. The van der Waals surface area contributed by atoms with Crippen molar-refractivity contribution < 1.29 is 18.3 Å². The molecule has 0 aliphatic carbocycles. The van der Waals surface area contributed by atoms with E-state index >= 15 is 0 Å². The molecule has 0 radical (unpaired) electrons. The van der Waals surface area contributed by atoms with Gasteiger partial charge in [-0.1, -0.05) is 17.7 Å². The van der Waals surface area contributed by atoms with Crippen LogP contribution in [0.5, 0.6) is 0 Å². The van der Waals surface area contributed by atoms with Gasteiger partial charge in [-0.05, 0) is 31.9 Å². The number of piperidine rings is 1. The monoisotopic (exact) mass is 311 g/mol. The topological polar surface area (TPSA) is 74.7 Å². The van der Waals surface area contributed by atoms with Gasteiger partial charge in [0.1, 0.15) is 0 Å². The van der Waals surface area contributed by atoms with Crippen LogP contribution in [0.4, 0.5) is 0 Å². The third-order valence-electron chi connectivity index (χ3n) is 3.78. The molecule has 1 aliphatic rings. The lowest BCUT2D eigenvalue weighted by atomic mass is 10.1. The molecule has 1 heterocycles. The van der Waals surface area contributed by atoms with E-state index in [1.165, 1.54) is 0 Å². The van der Waals surface area contributed by atoms with Gasteiger partial charge in [0, 0.05) is 19.5 Å². The van der Waals surface area contributed by atoms with Gasteiger partial charge in [0.2, 0.25) is 5.91 Å². The van der Waals surface area contributed by atoms with Crippen LogP contribution >= 0.6 is 0 Å². The van der Waals surface area contributed by atoms with Crippen molar-refractivity contribution in [2.45, 2.75) is 37.2 Å². The number of hydrogen-bond acceptors (Lipinski definition) is 4. The zero-order valence-corrected chi connectivity index (χ0v) is 13.0. The van der Waals surface area contributed by atoms with Gasteiger partial charge in [0.15, 0.2) is 9.84 Å². The fourth-order valence-electron chi connectivity index (χ4n) is 2.36. The Kier molecular flexibility index (Phi) is 5.00. The Morgan fingerprint density at radius 2 is 1.81 bits per heavy atom. The van der Waals surface area contributed by atoms with Crippen molar-refractivity contribution in [2.24, 2.45) is 0 Å². The van der Waals surface area contributed by atoms with Crippen molar-refractivity contribution >= 4 is 15.7 Å². The van der Waals surface area contributed by atoms with E-state index in [9.17, 15) is 18.3 Å². The first-order valence-electron chi connectivity index (χ1n) is 7.14. The van der Waals surface area contributed by atoms with Crippen LogP contribution < -0.4 is 0 Å². The molecular weight excluding hydrogens is 290 g/mol. The van der Waals surface area contributed by atoms with Crippen molar-refractivity contribution in [1.82, 2.24) is 4.90 Å². The molecule has 1 fully saturated rings. The van der Waals surface area contributed by atoms with Crippen LogP contribution in [0.15, 0.2) is 29.2 Å². The number of rotatable bonds is 4. The summed E-state index contributed by atoms with van der Waals surface area (Å²) in [5.74, 6) is -0.328. The van der Waals surface area contributed by atoms with E-state index in [4.69, 9.17) is 0 Å². The van der Waals surface area contributed by atoms with Crippen molar-refractivity contribution in [1.29, 1.82) is 0 Å². The van der Waals surface area contributed by atoms with Gasteiger partial charge >= 0.3 is 0 Å². The molecular formula is C15H21NO4S. The summed E-state index contributed by atoms with van der Waals surface area (Å²) >= 11 is 0. The van der Waals surface area contributed by atoms with Gasteiger partial charge in [-0.2, -0.15) is 0 Å². The van der Waals surface area contributed by atoms with Crippen LogP contribution in [-0.4, -0.2) is 49.3 Å². The average Bonchev–Trinajstić information content (AvgIpc) is 2.46. The average molecular weight is 311 g/mol. The van der Waals surface area contributed by atoms with Gasteiger partial charge in [-0.15, -0.1) is 0 Å². The van der Waals surface area contributed by atoms with Gasteiger partial charge in [0.25, 0.3) is 0 Å². The summed E-state index contributed by atoms with van der Waals surface area (Å²) < 4.78 is 24.3. The predicted molar refractivity (Wildman–Crippen MR) is 79.7 cm³/mol. The highest BCUT2D eigenvalue weighted by molar-refractivity contribution is 7.91. The van der Waals surface area contributed by atoms with Gasteiger partial charge in [-0.25, -0.2) is 8.42 Å². The number of aliphatic hydroxyl groups excluding tert-OH is 1. The number of amides is 1. The van der Waals surface area contributed by atoms with E-state index in [1.807, 2.05) is 6.92 Å². The molecule has 0 saturated carbocycles. The predicted octanol–water partition coefficient (Wildman–Crippen LogP) is 1.14. The minimum absolute atomic E-state index is 0.00763. The lowest BCUT2D eigenvalue weighted by Crippen LogP contribution is -2.40. The third-order valence-corrected chi connectivity index (χ3v) is 5.51. The Balaban J connectivity index is 1.92. The molecule has 0 unspecified atom stereocenters. The van der Waals surface area contributed by atoms with E-state index in [0.717, 1.165) is 5.56 Å². The first-order valence-corrected chi connectivity index (χ1v) is 8.79. The SMILES string of the molecule is Cc1ccc(S(=O)(=O)CCC(=O)N2CCC(O)CC2)cc1. The number of aliphatic hydroxyl groups is 1. The number of nitrogens with zero attached hydrogens (tertiary/aromatic N) is 1. The number of hydrogen-bond donors (Lipinski definition) is 1. The Morgan fingerprint density at radius 1 is 1.24 bits per heavy atom. The van der Waals surface area contributed by atoms with Crippen LogP contribution in [0.1, 0.15) is 24.8 Å². The van der Waals surface area contributed by atoms with Crippen molar-refractivity contribution in [2.75, 3.05) is 18.8 Å². The summed E-state index contributed by atoms with van der Waals surface area (Å²) in [6.07, 6.45) is 0.782. The summed E-state index contributed by atoms with van der Waals surface area (Å²) in [7, 11) is -3.42. The van der Waals surface area contributed by atoms with Gasteiger partial charge in [-0.3, -0.25) is 4.79 Å². The molecule has 2 rings (SSSR count). The number of carbonyl (C=O) groups is 1. The summed E-state index contributed by atoms with van der Waals surface area (Å²) in [4.78, 5) is 13.9. The van der Waals surface area contributed by atoms with Crippen LogP contribution in [0.3, 0.4) is 0 Å². The fourth-order valence-corrected chi connectivity index (χ4v) is 3.59. The molecule has 1 aliphatic heterocycles. The molecule has 1 amide bonds. The maximum absolute atomic E-state index is 12.2. The Labute approximate surface area is 125 Å². The van der Waals surface area contributed by atoms with Crippen LogP contribution in [-0.2, 0) is 14.6 Å². The summed E-state index contributed by atoms with van der Waals surface area (Å²) in [5, 5.41) is 9.41. The molecule has 0 spiro atoms. The number of benzene rings is 1. The minimum atomic E-state index is -3.42. The number of likely N-dealkylation sites (tertiary alicyclic amines) is 1. The molecule has 21 heavy (non-hydrogen) atoms. The number of aryl methyl sites for hydroxylation is 1. The molecule has 0 aromatic heterocycles. The number of sulfone groups is 1. The molecule has 1 N–H and O–H groups in total. The maximum atomic E-state index is 12.2. The van der Waals surface area contributed by atoms with Crippen LogP contribution in [0.2, 0.25) is 0 Å². The molecule has 1 aromatic rings. The van der Waals surface area contributed by atoms with Crippen molar-refractivity contribution in [3.63, 3.8) is 0 Å². The second-order valence-electron chi connectivity index (χ2n) is 5.49. The van der Waals surface area contributed by atoms with E-state index in [0.29, 0.717) is 25.9 Å². The maximum Gasteiger partial charge on any atom is 0.223 e. The normalized spacial score (nSPS) is 17.0. The quantitative estimate of drug-likeness (QED) is 0.905. The molecule has 1 aromatic carbocycles. The molecule has 0 bridgehead atoms. The van der Waals surface area contributed by atoms with Gasteiger partial charge in [0.05, 0.1) is 16.8 Å². The molecule has 6 heteroatoms. The summed E-state index contributed by atoms with van der Waals surface area (Å²) in [5.41, 5.74) is 0.997. The van der Waals surface area contributed by atoms with Crippen molar-refractivity contribution in [3.05, 3.63) is 29.8 Å². The third kappa shape index (κ3) is 4.28. The zero-order valence-electron chi connectivity index (χ0n) is 12.2. The molecule has 1 saturated heterocycles. The Morgan fingerprint density at radius 3 is 2.38 bits per heavy atom. The standard InChI is InChI=1S/C15H21NO4S/c1-12-2-4-14(5-3-12)21(19,20)11-8-15(18)16-9-6-13(17)7-10-16/h2-5,13,17H,6-11H2,1H3. The second kappa shape index (κ2) is 6.58.